The van der Waals surface area contributed by atoms with Crippen LogP contribution in [0.2, 0.25) is 0 Å². The van der Waals surface area contributed by atoms with E-state index < -0.39 is 12.0 Å². The molecule has 2 aliphatic rings. The molecule has 36 heavy (non-hydrogen) atoms. The molecule has 1 aromatic rings. The van der Waals surface area contributed by atoms with Gasteiger partial charge in [0, 0.05) is 57.6 Å². The molecule has 1 saturated heterocycles. The summed E-state index contributed by atoms with van der Waals surface area (Å²) in [5.74, 6) is 0.419. The average molecular weight is 504 g/mol. The number of nitrogens with one attached hydrogen (secondary N) is 2. The van der Waals surface area contributed by atoms with Crippen LogP contribution in [0.15, 0.2) is 29.5 Å². The van der Waals surface area contributed by atoms with Crippen LogP contribution in [-0.2, 0) is 9.53 Å². The molecule has 0 aliphatic carbocycles. The van der Waals surface area contributed by atoms with Crippen LogP contribution in [0.1, 0.15) is 31.9 Å². The Bertz CT molecular complexity index is 997. The zero-order valence-corrected chi connectivity index (χ0v) is 21.8. The maximum absolute atomic E-state index is 13.3. The molecule has 0 spiro atoms. The summed E-state index contributed by atoms with van der Waals surface area (Å²) in [4.78, 5) is 44.1. The summed E-state index contributed by atoms with van der Waals surface area (Å²) >= 11 is 0. The van der Waals surface area contributed by atoms with E-state index in [1.807, 2.05) is 6.92 Å². The van der Waals surface area contributed by atoms with Crippen LogP contribution in [0, 0.1) is 0 Å². The standard InChI is InChI=1S/C25H37N5O6/c1-6-26-24(32)30-13-9-12-29(14-15-30)16-18-20(23(31)36-7-2)21(27-25(33)28(18)3)17-10-8-11-19(34-4)22(17)35-5/h8,10-11,21H,6-7,9,12-16H2,1-5H3,(H,26,32)(H,27,33). The van der Waals surface area contributed by atoms with Crippen molar-refractivity contribution in [1.29, 1.82) is 0 Å². The van der Waals surface area contributed by atoms with Gasteiger partial charge in [-0.25, -0.2) is 14.4 Å². The average Bonchev–Trinajstić information content (AvgIpc) is 3.12. The Labute approximate surface area is 212 Å². The highest BCUT2D eigenvalue weighted by Crippen LogP contribution is 2.40. The summed E-state index contributed by atoms with van der Waals surface area (Å²) in [6.45, 7) is 7.28. The normalized spacial score (nSPS) is 18.9. The minimum absolute atomic E-state index is 0.0786. The zero-order chi connectivity index (χ0) is 26.2. The van der Waals surface area contributed by atoms with Crippen LogP contribution < -0.4 is 20.1 Å². The number of urea groups is 2. The molecule has 0 aromatic heterocycles. The van der Waals surface area contributed by atoms with E-state index in [1.165, 1.54) is 19.1 Å². The fourth-order valence-electron chi connectivity index (χ4n) is 4.58. The molecule has 1 atom stereocenters. The lowest BCUT2D eigenvalue weighted by atomic mass is 9.93. The van der Waals surface area contributed by atoms with Crippen molar-refractivity contribution < 1.29 is 28.6 Å². The van der Waals surface area contributed by atoms with E-state index in [9.17, 15) is 14.4 Å². The number of hydrogen-bond donors (Lipinski definition) is 2. The fraction of sp³-hybridized carbons (Fsp3) is 0.560. The Balaban J connectivity index is 2.00. The van der Waals surface area contributed by atoms with Gasteiger partial charge in [0.2, 0.25) is 0 Å². The summed E-state index contributed by atoms with van der Waals surface area (Å²) in [5, 5.41) is 5.77. The number of ether oxygens (including phenoxy) is 3. The van der Waals surface area contributed by atoms with Gasteiger partial charge in [-0.15, -0.1) is 0 Å². The quantitative estimate of drug-likeness (QED) is 0.522. The third kappa shape index (κ3) is 5.84. The van der Waals surface area contributed by atoms with Gasteiger partial charge in [-0.3, -0.25) is 9.80 Å². The number of nitrogens with zero attached hydrogens (tertiary/aromatic N) is 3. The summed E-state index contributed by atoms with van der Waals surface area (Å²) in [6, 6.07) is 4.13. The molecule has 2 heterocycles. The number of benzene rings is 1. The number of methoxy groups -OCH3 is 2. The second-order valence-electron chi connectivity index (χ2n) is 8.56. The molecule has 4 amide bonds. The van der Waals surface area contributed by atoms with Crippen molar-refractivity contribution in [3.05, 3.63) is 35.0 Å². The van der Waals surface area contributed by atoms with Crippen molar-refractivity contribution in [2.75, 3.05) is 67.1 Å². The third-order valence-corrected chi connectivity index (χ3v) is 6.39. The van der Waals surface area contributed by atoms with Gasteiger partial charge in [-0.05, 0) is 26.3 Å². The van der Waals surface area contributed by atoms with Crippen LogP contribution in [0.4, 0.5) is 9.59 Å². The zero-order valence-electron chi connectivity index (χ0n) is 21.8. The van der Waals surface area contributed by atoms with Gasteiger partial charge in [-0.1, -0.05) is 12.1 Å². The molecule has 0 radical (unpaired) electrons. The molecule has 1 aromatic carbocycles. The van der Waals surface area contributed by atoms with E-state index in [-0.39, 0.29) is 18.7 Å². The predicted octanol–water partition coefficient (Wildman–Crippen LogP) is 1.95. The molecule has 2 N–H and O–H groups in total. The Morgan fingerprint density at radius 3 is 2.56 bits per heavy atom. The first-order valence-corrected chi connectivity index (χ1v) is 12.3. The highest BCUT2D eigenvalue weighted by Gasteiger charge is 2.39. The first kappa shape index (κ1) is 27.1. The lowest BCUT2D eigenvalue weighted by Gasteiger charge is -2.37. The molecular formula is C25H37N5O6. The molecular weight excluding hydrogens is 466 g/mol. The number of amides is 4. The Morgan fingerprint density at radius 2 is 1.89 bits per heavy atom. The summed E-state index contributed by atoms with van der Waals surface area (Å²) in [6.07, 6.45) is 0.780. The molecule has 11 heteroatoms. The molecule has 2 aliphatic heterocycles. The van der Waals surface area contributed by atoms with E-state index in [2.05, 4.69) is 15.5 Å². The summed E-state index contributed by atoms with van der Waals surface area (Å²) in [5.41, 5.74) is 1.49. The SMILES string of the molecule is CCNC(=O)N1CCCN(CC2=C(C(=O)OCC)C(c3cccc(OC)c3OC)NC(=O)N2C)CC1. The van der Waals surface area contributed by atoms with Crippen LogP contribution in [0.3, 0.4) is 0 Å². The summed E-state index contributed by atoms with van der Waals surface area (Å²) in [7, 11) is 4.69. The Morgan fingerprint density at radius 1 is 1.11 bits per heavy atom. The van der Waals surface area contributed by atoms with E-state index in [0.717, 1.165) is 13.0 Å². The van der Waals surface area contributed by atoms with E-state index in [0.29, 0.717) is 61.1 Å². The molecule has 1 fully saturated rings. The van der Waals surface area contributed by atoms with Crippen molar-refractivity contribution in [1.82, 2.24) is 25.3 Å². The van der Waals surface area contributed by atoms with Gasteiger partial charge in [0.05, 0.1) is 32.4 Å². The minimum Gasteiger partial charge on any atom is -0.493 e. The van der Waals surface area contributed by atoms with Gasteiger partial charge >= 0.3 is 18.0 Å². The lowest BCUT2D eigenvalue weighted by Crippen LogP contribution is -2.49. The molecule has 1 unspecified atom stereocenters. The number of hydrogen-bond acceptors (Lipinski definition) is 7. The Hall–Kier alpha value is -3.47. The van der Waals surface area contributed by atoms with E-state index in [4.69, 9.17) is 14.2 Å². The predicted molar refractivity (Wildman–Crippen MR) is 134 cm³/mol. The molecule has 3 rings (SSSR count). The monoisotopic (exact) mass is 503 g/mol. The topological polar surface area (TPSA) is 113 Å². The van der Waals surface area contributed by atoms with Gasteiger partial charge in [0.1, 0.15) is 0 Å². The lowest BCUT2D eigenvalue weighted by molar-refractivity contribution is -0.139. The second-order valence-corrected chi connectivity index (χ2v) is 8.56. The van der Waals surface area contributed by atoms with Gasteiger partial charge in [0.15, 0.2) is 11.5 Å². The van der Waals surface area contributed by atoms with E-state index >= 15 is 0 Å². The van der Waals surface area contributed by atoms with Crippen LogP contribution >= 0.6 is 0 Å². The smallest absolute Gasteiger partial charge is 0.338 e. The molecule has 0 bridgehead atoms. The van der Waals surface area contributed by atoms with Crippen LogP contribution in [0.25, 0.3) is 0 Å². The first-order chi connectivity index (χ1) is 17.4. The first-order valence-electron chi connectivity index (χ1n) is 12.3. The van der Waals surface area contributed by atoms with Crippen molar-refractivity contribution in [3.8, 4) is 11.5 Å². The summed E-state index contributed by atoms with van der Waals surface area (Å²) < 4.78 is 16.5. The van der Waals surface area contributed by atoms with Crippen molar-refractivity contribution in [2.45, 2.75) is 26.3 Å². The minimum atomic E-state index is -0.786. The number of carbonyl (C=O) groups excluding carboxylic acids is 3. The van der Waals surface area contributed by atoms with Gasteiger partial charge in [0.25, 0.3) is 0 Å². The van der Waals surface area contributed by atoms with Crippen molar-refractivity contribution in [2.24, 2.45) is 0 Å². The number of rotatable bonds is 8. The van der Waals surface area contributed by atoms with Gasteiger partial charge < -0.3 is 29.7 Å². The van der Waals surface area contributed by atoms with Crippen molar-refractivity contribution >= 4 is 18.0 Å². The van der Waals surface area contributed by atoms with Crippen LogP contribution in [-0.4, -0.2) is 99.9 Å². The second kappa shape index (κ2) is 12.5. The number of para-hydroxylation sites is 1. The highest BCUT2D eigenvalue weighted by atomic mass is 16.5. The number of esters is 1. The number of carbonyl (C=O) groups is 3. The third-order valence-electron chi connectivity index (χ3n) is 6.39. The van der Waals surface area contributed by atoms with Crippen LogP contribution in [0.5, 0.6) is 11.5 Å². The van der Waals surface area contributed by atoms with Gasteiger partial charge in [-0.2, -0.15) is 0 Å². The highest BCUT2D eigenvalue weighted by molar-refractivity contribution is 5.95. The Kier molecular flexibility index (Phi) is 9.40. The maximum Gasteiger partial charge on any atom is 0.338 e. The van der Waals surface area contributed by atoms with Crippen molar-refractivity contribution in [3.63, 3.8) is 0 Å². The number of likely N-dealkylation sites (N-methyl/N-ethyl adjacent to an activating group) is 1. The molecule has 11 nitrogen and oxygen atoms in total. The maximum atomic E-state index is 13.3. The molecule has 198 valence electrons. The fourth-order valence-corrected chi connectivity index (χ4v) is 4.58. The largest absolute Gasteiger partial charge is 0.493 e. The van der Waals surface area contributed by atoms with E-state index in [1.54, 1.807) is 37.1 Å². The molecule has 0 saturated carbocycles.